The summed E-state index contributed by atoms with van der Waals surface area (Å²) in [5.41, 5.74) is -2.04. The lowest BCUT2D eigenvalue weighted by atomic mass is 9.98. The van der Waals surface area contributed by atoms with Crippen LogP contribution < -0.4 is 5.56 Å². The first kappa shape index (κ1) is 15.9. The highest BCUT2D eigenvalue weighted by Crippen LogP contribution is 2.34. The normalized spacial score (nSPS) is 17.8. The molecule has 0 unspecified atom stereocenters. The number of pyridine rings is 1. The van der Waals surface area contributed by atoms with Gasteiger partial charge in [-0.2, -0.15) is 26.3 Å². The Hall–Kier alpha value is -1.51. The van der Waals surface area contributed by atoms with Gasteiger partial charge in [0.05, 0.1) is 11.5 Å². The fourth-order valence-corrected chi connectivity index (χ4v) is 2.21. The average molecular weight is 314 g/mol. The number of alkyl halides is 6. The van der Waals surface area contributed by atoms with Gasteiger partial charge in [-0.15, -0.1) is 0 Å². The number of nitrogens with one attached hydrogen (secondary N) is 1. The molecule has 1 fully saturated rings. The second-order valence-electron chi connectivity index (χ2n) is 4.98. The van der Waals surface area contributed by atoms with Crippen LogP contribution in [0.3, 0.4) is 0 Å². The minimum absolute atomic E-state index is 0.0732. The van der Waals surface area contributed by atoms with E-state index in [1.165, 1.54) is 4.90 Å². The maximum atomic E-state index is 12.8. The third-order valence-electron chi connectivity index (χ3n) is 3.43. The summed E-state index contributed by atoms with van der Waals surface area (Å²) in [6.45, 7) is -0.315. The van der Waals surface area contributed by atoms with Gasteiger partial charge >= 0.3 is 12.4 Å². The van der Waals surface area contributed by atoms with Crippen LogP contribution in [0.15, 0.2) is 17.1 Å². The maximum Gasteiger partial charge on any atom is 0.416 e. The van der Waals surface area contributed by atoms with Crippen molar-refractivity contribution < 1.29 is 26.3 Å². The number of nitrogens with zero attached hydrogens (tertiary/aromatic N) is 1. The van der Waals surface area contributed by atoms with Crippen molar-refractivity contribution in [3.63, 3.8) is 0 Å². The molecule has 118 valence electrons. The van der Waals surface area contributed by atoms with Gasteiger partial charge in [0.25, 0.3) is 0 Å². The van der Waals surface area contributed by atoms with E-state index in [1.807, 2.05) is 0 Å². The zero-order valence-electron chi connectivity index (χ0n) is 10.7. The highest BCUT2D eigenvalue weighted by Gasteiger charge is 2.46. The molecule has 0 spiro atoms. The number of H-pyrrole nitrogens is 1. The van der Waals surface area contributed by atoms with Crippen LogP contribution in [0.4, 0.5) is 26.3 Å². The topological polar surface area (TPSA) is 36.1 Å². The Morgan fingerprint density at radius 1 is 1.19 bits per heavy atom. The first-order valence-corrected chi connectivity index (χ1v) is 6.15. The number of likely N-dealkylation sites (tertiary alicyclic amines) is 1. The summed E-state index contributed by atoms with van der Waals surface area (Å²) in [6, 6.07) is 0.462. The van der Waals surface area contributed by atoms with Crippen LogP contribution in [-0.2, 0) is 12.6 Å². The third kappa shape index (κ3) is 3.78. The zero-order chi connectivity index (χ0) is 15.8. The fraction of sp³-hybridized carbons (Fsp3) is 0.583. The first-order chi connectivity index (χ1) is 9.57. The Morgan fingerprint density at radius 2 is 1.81 bits per heavy atom. The standard InChI is InChI=1S/C12H12F6N2O/c13-11(14,15)8-5-20(6-8)2-1-7-4-19-10(21)3-9(7)12(16,17)18/h3-4,8H,1-2,5-6H2,(H,19,21). The molecule has 1 aromatic heterocycles. The number of halogens is 6. The van der Waals surface area contributed by atoms with Crippen molar-refractivity contribution >= 4 is 0 Å². The van der Waals surface area contributed by atoms with Crippen molar-refractivity contribution in [2.45, 2.75) is 18.8 Å². The van der Waals surface area contributed by atoms with Crippen molar-refractivity contribution in [2.75, 3.05) is 19.6 Å². The number of rotatable bonds is 3. The zero-order valence-corrected chi connectivity index (χ0v) is 10.7. The van der Waals surface area contributed by atoms with Crippen molar-refractivity contribution in [3.05, 3.63) is 33.7 Å². The first-order valence-electron chi connectivity index (χ1n) is 6.15. The van der Waals surface area contributed by atoms with E-state index in [1.54, 1.807) is 0 Å². The van der Waals surface area contributed by atoms with E-state index >= 15 is 0 Å². The largest absolute Gasteiger partial charge is 0.416 e. The molecule has 0 saturated carbocycles. The molecule has 21 heavy (non-hydrogen) atoms. The molecule has 0 aliphatic carbocycles. The second-order valence-corrected chi connectivity index (χ2v) is 4.98. The Balaban J connectivity index is 1.98. The molecule has 0 amide bonds. The molecule has 2 rings (SSSR count). The molecule has 1 saturated heterocycles. The van der Waals surface area contributed by atoms with Gasteiger partial charge in [-0.05, 0) is 12.0 Å². The van der Waals surface area contributed by atoms with Gasteiger partial charge in [-0.1, -0.05) is 0 Å². The number of hydrogen-bond donors (Lipinski definition) is 1. The molecule has 9 heteroatoms. The van der Waals surface area contributed by atoms with E-state index in [0.717, 1.165) is 6.20 Å². The monoisotopic (exact) mass is 314 g/mol. The predicted octanol–water partition coefficient (Wildman–Crippen LogP) is 2.43. The predicted molar refractivity (Wildman–Crippen MR) is 61.8 cm³/mol. The summed E-state index contributed by atoms with van der Waals surface area (Å²) in [6.07, 6.45) is -8.03. The van der Waals surface area contributed by atoms with E-state index in [4.69, 9.17) is 0 Å². The highest BCUT2D eigenvalue weighted by atomic mass is 19.4. The lowest BCUT2D eigenvalue weighted by Gasteiger charge is -2.40. The van der Waals surface area contributed by atoms with Gasteiger partial charge in [0.1, 0.15) is 0 Å². The van der Waals surface area contributed by atoms with Gasteiger partial charge < -0.3 is 9.88 Å². The molecular weight excluding hydrogens is 302 g/mol. The van der Waals surface area contributed by atoms with E-state index in [9.17, 15) is 31.1 Å². The maximum absolute atomic E-state index is 12.8. The van der Waals surface area contributed by atoms with Crippen LogP contribution in [-0.4, -0.2) is 35.7 Å². The van der Waals surface area contributed by atoms with Gasteiger partial charge in [0, 0.05) is 31.9 Å². The number of aromatic amines is 1. The molecule has 3 nitrogen and oxygen atoms in total. The van der Waals surface area contributed by atoms with Gasteiger partial charge in [-0.25, -0.2) is 0 Å². The molecule has 1 aliphatic heterocycles. The van der Waals surface area contributed by atoms with Crippen molar-refractivity contribution in [1.82, 2.24) is 9.88 Å². The molecule has 0 atom stereocenters. The molecule has 1 aromatic rings. The minimum atomic E-state index is -4.66. The average Bonchev–Trinajstić information content (AvgIpc) is 2.25. The van der Waals surface area contributed by atoms with Gasteiger partial charge in [-0.3, -0.25) is 4.79 Å². The lowest BCUT2D eigenvalue weighted by molar-refractivity contribution is -0.208. The van der Waals surface area contributed by atoms with Gasteiger partial charge in [0.15, 0.2) is 0 Å². The smallest absolute Gasteiger partial charge is 0.329 e. The molecule has 0 bridgehead atoms. The SMILES string of the molecule is O=c1cc(C(F)(F)F)c(CCN2CC(C(F)(F)F)C2)c[nH]1. The molecule has 1 aliphatic rings. The summed E-state index contributed by atoms with van der Waals surface area (Å²) in [7, 11) is 0. The summed E-state index contributed by atoms with van der Waals surface area (Å²) in [5.74, 6) is -1.41. The Kier molecular flexibility index (Phi) is 4.05. The Morgan fingerprint density at radius 3 is 2.33 bits per heavy atom. The van der Waals surface area contributed by atoms with E-state index < -0.39 is 29.4 Å². The summed E-state index contributed by atoms with van der Waals surface area (Å²) < 4.78 is 75.1. The van der Waals surface area contributed by atoms with E-state index in [0.29, 0.717) is 6.07 Å². The number of aromatic nitrogens is 1. The van der Waals surface area contributed by atoms with Crippen LogP contribution in [0.25, 0.3) is 0 Å². The van der Waals surface area contributed by atoms with Crippen molar-refractivity contribution in [3.8, 4) is 0 Å². The van der Waals surface area contributed by atoms with Crippen LogP contribution >= 0.6 is 0 Å². The van der Waals surface area contributed by atoms with E-state index in [-0.39, 0.29) is 31.6 Å². The summed E-state index contributed by atoms with van der Waals surface area (Å²) in [5, 5.41) is 0. The Labute approximate surface area is 115 Å². The second kappa shape index (κ2) is 5.36. The van der Waals surface area contributed by atoms with Crippen molar-refractivity contribution in [1.29, 1.82) is 0 Å². The molecular formula is C12H12F6N2O. The van der Waals surface area contributed by atoms with E-state index in [2.05, 4.69) is 4.98 Å². The lowest BCUT2D eigenvalue weighted by Crippen LogP contribution is -2.53. The quantitative estimate of drug-likeness (QED) is 0.870. The fourth-order valence-electron chi connectivity index (χ4n) is 2.21. The molecule has 2 heterocycles. The van der Waals surface area contributed by atoms with Crippen molar-refractivity contribution in [2.24, 2.45) is 5.92 Å². The number of hydrogen-bond acceptors (Lipinski definition) is 2. The minimum Gasteiger partial charge on any atom is -0.329 e. The Bertz CT molecular complexity index is 556. The summed E-state index contributed by atoms with van der Waals surface area (Å²) in [4.78, 5) is 14.5. The summed E-state index contributed by atoms with van der Waals surface area (Å²) >= 11 is 0. The highest BCUT2D eigenvalue weighted by molar-refractivity contribution is 5.26. The third-order valence-corrected chi connectivity index (χ3v) is 3.43. The molecule has 1 N–H and O–H groups in total. The molecule has 0 aromatic carbocycles. The van der Waals surface area contributed by atoms with Crippen LogP contribution in [0, 0.1) is 5.92 Å². The van der Waals surface area contributed by atoms with Crippen LogP contribution in [0.5, 0.6) is 0 Å². The van der Waals surface area contributed by atoms with Gasteiger partial charge in [0.2, 0.25) is 5.56 Å². The molecule has 0 radical (unpaired) electrons. The van der Waals surface area contributed by atoms with Crippen LogP contribution in [0.1, 0.15) is 11.1 Å². The van der Waals surface area contributed by atoms with Crippen LogP contribution in [0.2, 0.25) is 0 Å².